The zero-order chi connectivity index (χ0) is 16.6. The van der Waals surface area contributed by atoms with Crippen LogP contribution < -0.4 is 10.6 Å². The van der Waals surface area contributed by atoms with Gasteiger partial charge in [-0.15, -0.1) is 0 Å². The fraction of sp³-hybridized carbons (Fsp3) is 0.667. The summed E-state index contributed by atoms with van der Waals surface area (Å²) in [7, 11) is 1.95. The van der Waals surface area contributed by atoms with E-state index in [4.69, 9.17) is 0 Å². The fourth-order valence-electron chi connectivity index (χ4n) is 0.983. The number of nitrogens with one attached hydrogen (secondary N) is 2. The van der Waals surface area contributed by atoms with Crippen molar-refractivity contribution in [3.63, 3.8) is 0 Å². The van der Waals surface area contributed by atoms with Crippen molar-refractivity contribution in [2.75, 3.05) is 12.4 Å². The Hall–Kier alpha value is -1.02. The van der Waals surface area contributed by atoms with Gasteiger partial charge in [0.2, 0.25) is 0 Å². The van der Waals surface area contributed by atoms with Gasteiger partial charge in [0.25, 0.3) is 0 Å². The highest BCUT2D eigenvalue weighted by Gasteiger charge is 1.92. The minimum atomic E-state index is 0.512. The summed E-state index contributed by atoms with van der Waals surface area (Å²) in [6.07, 6.45) is 0. The van der Waals surface area contributed by atoms with Gasteiger partial charge in [-0.05, 0) is 40.0 Å². The summed E-state index contributed by atoms with van der Waals surface area (Å²) in [6, 6.07) is 9.59. The maximum atomic E-state index is 3.33. The molecule has 0 unspecified atom stereocenters. The molecule has 0 saturated carbocycles. The zero-order valence-corrected chi connectivity index (χ0v) is 15.5. The van der Waals surface area contributed by atoms with E-state index in [-0.39, 0.29) is 0 Å². The van der Waals surface area contributed by atoms with Gasteiger partial charge < -0.3 is 10.6 Å². The number of anilines is 1. The molecule has 0 spiro atoms. The van der Waals surface area contributed by atoms with Gasteiger partial charge >= 0.3 is 0 Å². The van der Waals surface area contributed by atoms with Crippen LogP contribution in [0.3, 0.4) is 0 Å². The Kier molecular flexibility index (Phi) is 21.6. The predicted octanol–water partition coefficient (Wildman–Crippen LogP) is 5.48. The molecule has 0 atom stereocenters. The molecular formula is C18H38N2. The minimum absolute atomic E-state index is 0.512. The monoisotopic (exact) mass is 282 g/mol. The van der Waals surface area contributed by atoms with E-state index in [2.05, 4.69) is 69.5 Å². The van der Waals surface area contributed by atoms with Crippen LogP contribution >= 0.6 is 0 Å². The molecule has 0 aromatic heterocycles. The second-order valence-corrected chi connectivity index (χ2v) is 4.61. The SMILES string of the molecule is CC.CC.CNC(C)C.Cc1ccc(NC(C)C)cc1. The van der Waals surface area contributed by atoms with Gasteiger partial charge in [0.1, 0.15) is 0 Å². The molecule has 1 aromatic rings. The van der Waals surface area contributed by atoms with Crippen LogP contribution in [-0.2, 0) is 0 Å². The van der Waals surface area contributed by atoms with Crippen LogP contribution in [0, 0.1) is 6.92 Å². The molecule has 0 aliphatic heterocycles. The lowest BCUT2D eigenvalue weighted by Gasteiger charge is -2.09. The number of hydrogen-bond donors (Lipinski definition) is 2. The average Bonchev–Trinajstić information content (AvgIpc) is 2.46. The van der Waals surface area contributed by atoms with Crippen LogP contribution in [0.15, 0.2) is 24.3 Å². The molecule has 2 heteroatoms. The van der Waals surface area contributed by atoms with Crippen molar-refractivity contribution < 1.29 is 0 Å². The normalized spacial score (nSPS) is 8.60. The highest BCUT2D eigenvalue weighted by Crippen LogP contribution is 2.09. The van der Waals surface area contributed by atoms with Gasteiger partial charge in [-0.1, -0.05) is 59.2 Å². The Morgan fingerprint density at radius 2 is 1.10 bits per heavy atom. The summed E-state index contributed by atoms with van der Waals surface area (Å²) >= 11 is 0. The molecule has 0 amide bonds. The van der Waals surface area contributed by atoms with Crippen molar-refractivity contribution in [2.24, 2.45) is 0 Å². The van der Waals surface area contributed by atoms with E-state index in [0.29, 0.717) is 12.1 Å². The molecule has 0 radical (unpaired) electrons. The molecule has 2 N–H and O–H groups in total. The first kappa shape index (κ1) is 24.0. The molecule has 1 rings (SSSR count). The van der Waals surface area contributed by atoms with Gasteiger partial charge in [-0.2, -0.15) is 0 Å². The Bertz CT molecular complexity index is 263. The summed E-state index contributed by atoms with van der Waals surface area (Å²) in [5.41, 5.74) is 2.50. The van der Waals surface area contributed by atoms with Gasteiger partial charge in [0.15, 0.2) is 0 Å². The predicted molar refractivity (Wildman–Crippen MR) is 96.8 cm³/mol. The second kappa shape index (κ2) is 18.0. The van der Waals surface area contributed by atoms with E-state index >= 15 is 0 Å². The molecule has 1 aromatic carbocycles. The molecule has 0 aliphatic carbocycles. The molecule has 2 nitrogen and oxygen atoms in total. The maximum absolute atomic E-state index is 3.33. The van der Waals surface area contributed by atoms with Crippen molar-refractivity contribution in [2.45, 2.75) is 74.4 Å². The van der Waals surface area contributed by atoms with Crippen LogP contribution in [0.1, 0.15) is 61.0 Å². The number of hydrogen-bond acceptors (Lipinski definition) is 2. The van der Waals surface area contributed by atoms with Crippen LogP contribution in [0.2, 0.25) is 0 Å². The fourth-order valence-corrected chi connectivity index (χ4v) is 0.983. The van der Waals surface area contributed by atoms with Gasteiger partial charge in [-0.3, -0.25) is 0 Å². The Balaban J connectivity index is -0.000000272. The van der Waals surface area contributed by atoms with E-state index in [1.165, 1.54) is 11.3 Å². The first-order valence-corrected chi connectivity index (χ1v) is 7.96. The number of aryl methyl sites for hydroxylation is 1. The van der Waals surface area contributed by atoms with E-state index < -0.39 is 0 Å². The summed E-state index contributed by atoms with van der Waals surface area (Å²) in [6.45, 7) is 18.6. The smallest absolute Gasteiger partial charge is 0.0342 e. The lowest BCUT2D eigenvalue weighted by atomic mass is 10.2. The molecule has 0 heterocycles. The Morgan fingerprint density at radius 3 is 1.35 bits per heavy atom. The standard InChI is InChI=1S/C10H15N.C4H11N.2C2H6/c1-8(2)11-10-6-4-9(3)5-7-10;1-4(2)5-3;2*1-2/h4-8,11H,1-3H3;4-5H,1-3H3;2*1-2H3. The maximum Gasteiger partial charge on any atom is 0.0342 e. The molecule has 20 heavy (non-hydrogen) atoms. The van der Waals surface area contributed by atoms with E-state index in [0.717, 1.165) is 0 Å². The van der Waals surface area contributed by atoms with Crippen molar-refractivity contribution >= 4 is 5.69 Å². The first-order valence-electron chi connectivity index (χ1n) is 7.96. The molecular weight excluding hydrogens is 244 g/mol. The lowest BCUT2D eigenvalue weighted by molar-refractivity contribution is 0.668. The molecule has 0 saturated heterocycles. The van der Waals surface area contributed by atoms with E-state index in [1.54, 1.807) is 0 Å². The summed E-state index contributed by atoms with van der Waals surface area (Å²) in [5, 5.41) is 6.36. The van der Waals surface area contributed by atoms with E-state index in [9.17, 15) is 0 Å². The molecule has 0 fully saturated rings. The molecule has 0 aliphatic rings. The van der Waals surface area contributed by atoms with Crippen molar-refractivity contribution in [3.8, 4) is 0 Å². The van der Waals surface area contributed by atoms with Gasteiger partial charge in [0, 0.05) is 17.8 Å². The van der Waals surface area contributed by atoms with E-state index in [1.807, 2.05) is 34.7 Å². The highest BCUT2D eigenvalue weighted by atomic mass is 14.9. The van der Waals surface area contributed by atoms with Gasteiger partial charge in [-0.25, -0.2) is 0 Å². The first-order chi connectivity index (χ1) is 9.45. The third-order valence-corrected chi connectivity index (χ3v) is 2.08. The van der Waals surface area contributed by atoms with Crippen LogP contribution in [0.5, 0.6) is 0 Å². The van der Waals surface area contributed by atoms with Gasteiger partial charge in [0.05, 0.1) is 0 Å². The average molecular weight is 283 g/mol. The van der Waals surface area contributed by atoms with Crippen molar-refractivity contribution in [3.05, 3.63) is 29.8 Å². The highest BCUT2D eigenvalue weighted by molar-refractivity contribution is 5.44. The third kappa shape index (κ3) is 19.3. The summed E-state index contributed by atoms with van der Waals surface area (Å²) in [5.74, 6) is 0. The van der Waals surface area contributed by atoms with Crippen molar-refractivity contribution in [1.29, 1.82) is 0 Å². The summed E-state index contributed by atoms with van der Waals surface area (Å²) in [4.78, 5) is 0. The second-order valence-electron chi connectivity index (χ2n) is 4.61. The largest absolute Gasteiger partial charge is 0.383 e. The Morgan fingerprint density at radius 1 is 0.750 bits per heavy atom. The lowest BCUT2D eigenvalue weighted by Crippen LogP contribution is -2.15. The summed E-state index contributed by atoms with van der Waals surface area (Å²) < 4.78 is 0. The third-order valence-electron chi connectivity index (χ3n) is 2.08. The molecule has 120 valence electrons. The number of rotatable bonds is 3. The quantitative estimate of drug-likeness (QED) is 0.767. The van der Waals surface area contributed by atoms with Crippen molar-refractivity contribution in [1.82, 2.24) is 5.32 Å². The van der Waals surface area contributed by atoms with Crippen LogP contribution in [0.4, 0.5) is 5.69 Å². The topological polar surface area (TPSA) is 24.1 Å². The van der Waals surface area contributed by atoms with Crippen LogP contribution in [0.25, 0.3) is 0 Å². The minimum Gasteiger partial charge on any atom is -0.383 e. The Labute approximate surface area is 128 Å². The van der Waals surface area contributed by atoms with Crippen LogP contribution in [-0.4, -0.2) is 19.1 Å². The molecule has 0 bridgehead atoms. The zero-order valence-electron chi connectivity index (χ0n) is 15.5. The number of benzene rings is 1.